The molecule has 2 heterocycles. The van der Waals surface area contributed by atoms with Crippen LogP contribution >= 0.6 is 0 Å². The van der Waals surface area contributed by atoms with Crippen molar-refractivity contribution in [1.82, 2.24) is 9.88 Å². The number of carbonyl (C=O) groups excluding carboxylic acids is 1. The summed E-state index contributed by atoms with van der Waals surface area (Å²) in [6, 6.07) is 1.18. The Labute approximate surface area is 116 Å². The van der Waals surface area contributed by atoms with E-state index < -0.39 is 11.4 Å². The molecule has 1 aromatic rings. The number of aromatic nitrogens is 1. The van der Waals surface area contributed by atoms with Crippen molar-refractivity contribution in [3.8, 4) is 5.75 Å². The Kier molecular flexibility index (Phi) is 3.69. The number of nitrogens with zero attached hydrogens (tertiary/aromatic N) is 2. The van der Waals surface area contributed by atoms with Gasteiger partial charge in [0.25, 0.3) is 0 Å². The van der Waals surface area contributed by atoms with Crippen molar-refractivity contribution >= 4 is 11.9 Å². The molecular formula is C13H18FN3O3. The van der Waals surface area contributed by atoms with Gasteiger partial charge in [-0.15, -0.1) is 0 Å². The van der Waals surface area contributed by atoms with Crippen LogP contribution in [-0.2, 0) is 4.74 Å². The molecule has 1 aromatic heterocycles. The van der Waals surface area contributed by atoms with Gasteiger partial charge < -0.3 is 20.1 Å². The first-order valence-corrected chi connectivity index (χ1v) is 6.30. The van der Waals surface area contributed by atoms with Crippen molar-refractivity contribution in [2.75, 3.05) is 18.8 Å². The van der Waals surface area contributed by atoms with E-state index in [0.29, 0.717) is 18.8 Å². The van der Waals surface area contributed by atoms with Gasteiger partial charge in [0.05, 0.1) is 19.3 Å². The smallest absolute Gasteiger partial charge is 0.410 e. The SMILES string of the molecule is CC(C)(C)OC(=O)N1CC(Oc2cnc(N)c(F)c2)C1. The van der Waals surface area contributed by atoms with Crippen molar-refractivity contribution < 1.29 is 18.7 Å². The molecule has 0 spiro atoms. The zero-order chi connectivity index (χ0) is 14.9. The number of nitrogens with two attached hydrogens (primary N) is 1. The maximum Gasteiger partial charge on any atom is 0.410 e. The molecule has 0 bridgehead atoms. The van der Waals surface area contributed by atoms with E-state index in [0.717, 1.165) is 0 Å². The summed E-state index contributed by atoms with van der Waals surface area (Å²) in [5.41, 5.74) is 4.75. The lowest BCUT2D eigenvalue weighted by atomic mass is 10.1. The van der Waals surface area contributed by atoms with Gasteiger partial charge in [-0.1, -0.05) is 0 Å². The summed E-state index contributed by atoms with van der Waals surface area (Å²) in [6.07, 6.45) is 0.792. The fourth-order valence-corrected chi connectivity index (χ4v) is 1.68. The van der Waals surface area contributed by atoms with Gasteiger partial charge >= 0.3 is 6.09 Å². The van der Waals surface area contributed by atoms with E-state index in [1.54, 1.807) is 0 Å². The molecule has 6 nitrogen and oxygen atoms in total. The third-order valence-electron chi connectivity index (χ3n) is 2.65. The van der Waals surface area contributed by atoms with Crippen LogP contribution in [0.5, 0.6) is 5.75 Å². The van der Waals surface area contributed by atoms with Crippen LogP contribution in [0.1, 0.15) is 20.8 Å². The van der Waals surface area contributed by atoms with E-state index in [-0.39, 0.29) is 18.0 Å². The fourth-order valence-electron chi connectivity index (χ4n) is 1.68. The number of likely N-dealkylation sites (tertiary alicyclic amines) is 1. The number of rotatable bonds is 2. The van der Waals surface area contributed by atoms with Crippen LogP contribution < -0.4 is 10.5 Å². The van der Waals surface area contributed by atoms with Crippen LogP contribution in [0.15, 0.2) is 12.3 Å². The standard InChI is InChI=1S/C13H18FN3O3/c1-13(2,3)20-12(18)17-6-9(7-17)19-8-4-10(14)11(15)16-5-8/h4-5,9H,6-7H2,1-3H3,(H2,15,16). The van der Waals surface area contributed by atoms with Crippen LogP contribution in [0.4, 0.5) is 15.0 Å². The van der Waals surface area contributed by atoms with Gasteiger partial charge in [0.2, 0.25) is 0 Å². The minimum absolute atomic E-state index is 0.165. The first-order valence-electron chi connectivity index (χ1n) is 6.30. The molecule has 7 heteroatoms. The maximum atomic E-state index is 13.2. The van der Waals surface area contributed by atoms with Gasteiger partial charge in [-0.2, -0.15) is 0 Å². The lowest BCUT2D eigenvalue weighted by Crippen LogP contribution is -2.57. The molecule has 2 N–H and O–H groups in total. The molecule has 1 saturated heterocycles. The van der Waals surface area contributed by atoms with E-state index in [1.165, 1.54) is 17.2 Å². The van der Waals surface area contributed by atoms with E-state index in [1.807, 2.05) is 20.8 Å². The second-order valence-electron chi connectivity index (χ2n) is 5.66. The van der Waals surface area contributed by atoms with Crippen molar-refractivity contribution in [2.45, 2.75) is 32.5 Å². The molecule has 2 rings (SSSR count). The topological polar surface area (TPSA) is 77.7 Å². The summed E-state index contributed by atoms with van der Waals surface area (Å²) in [4.78, 5) is 16.9. The molecular weight excluding hydrogens is 265 g/mol. The Morgan fingerprint density at radius 3 is 2.70 bits per heavy atom. The number of hydrogen-bond acceptors (Lipinski definition) is 5. The van der Waals surface area contributed by atoms with Gasteiger partial charge in [0.15, 0.2) is 11.6 Å². The zero-order valence-corrected chi connectivity index (χ0v) is 11.7. The van der Waals surface area contributed by atoms with Gasteiger partial charge in [-0.3, -0.25) is 0 Å². The van der Waals surface area contributed by atoms with Crippen molar-refractivity contribution in [3.63, 3.8) is 0 Å². The molecule has 0 unspecified atom stereocenters. The number of nitrogen functional groups attached to an aromatic ring is 1. The van der Waals surface area contributed by atoms with Crippen LogP contribution in [0.3, 0.4) is 0 Å². The number of amides is 1. The molecule has 0 aliphatic carbocycles. The highest BCUT2D eigenvalue weighted by Gasteiger charge is 2.35. The fraction of sp³-hybridized carbons (Fsp3) is 0.538. The molecule has 1 amide bonds. The average molecular weight is 283 g/mol. The highest BCUT2D eigenvalue weighted by Crippen LogP contribution is 2.21. The summed E-state index contributed by atoms with van der Waals surface area (Å²) in [6.45, 7) is 6.23. The molecule has 1 aliphatic heterocycles. The summed E-state index contributed by atoms with van der Waals surface area (Å²) < 4.78 is 23.9. The summed E-state index contributed by atoms with van der Waals surface area (Å²) >= 11 is 0. The van der Waals surface area contributed by atoms with E-state index >= 15 is 0 Å². The van der Waals surface area contributed by atoms with Crippen molar-refractivity contribution in [1.29, 1.82) is 0 Å². The third-order valence-corrected chi connectivity index (χ3v) is 2.65. The molecule has 1 fully saturated rings. The number of hydrogen-bond donors (Lipinski definition) is 1. The predicted octanol–water partition coefficient (Wildman–Crippen LogP) is 1.80. The number of ether oxygens (including phenoxy) is 2. The van der Waals surface area contributed by atoms with Crippen LogP contribution in [0.2, 0.25) is 0 Å². The normalized spacial score (nSPS) is 15.7. The number of halogens is 1. The van der Waals surface area contributed by atoms with E-state index in [2.05, 4.69) is 4.98 Å². The van der Waals surface area contributed by atoms with Crippen molar-refractivity contribution in [3.05, 3.63) is 18.1 Å². The van der Waals surface area contributed by atoms with E-state index in [4.69, 9.17) is 15.2 Å². The molecule has 0 saturated carbocycles. The average Bonchev–Trinajstić information content (AvgIpc) is 2.25. The van der Waals surface area contributed by atoms with Crippen LogP contribution in [-0.4, -0.2) is 40.8 Å². The number of pyridine rings is 1. The third kappa shape index (κ3) is 3.49. The first kappa shape index (κ1) is 14.4. The minimum Gasteiger partial charge on any atom is -0.485 e. The quantitative estimate of drug-likeness (QED) is 0.895. The second-order valence-corrected chi connectivity index (χ2v) is 5.66. The molecule has 0 atom stereocenters. The van der Waals surface area contributed by atoms with Crippen LogP contribution in [0.25, 0.3) is 0 Å². The lowest BCUT2D eigenvalue weighted by molar-refractivity contribution is -0.0222. The Balaban J connectivity index is 1.82. The lowest BCUT2D eigenvalue weighted by Gasteiger charge is -2.39. The highest BCUT2D eigenvalue weighted by atomic mass is 19.1. The van der Waals surface area contributed by atoms with Gasteiger partial charge in [0.1, 0.15) is 17.5 Å². The van der Waals surface area contributed by atoms with Gasteiger partial charge in [-0.05, 0) is 20.8 Å². The molecule has 0 radical (unpaired) electrons. The number of carbonyl (C=O) groups is 1. The number of anilines is 1. The Morgan fingerprint density at radius 2 is 2.15 bits per heavy atom. The second kappa shape index (κ2) is 5.15. The van der Waals surface area contributed by atoms with E-state index in [9.17, 15) is 9.18 Å². The molecule has 1 aliphatic rings. The minimum atomic E-state index is -0.620. The Hall–Kier alpha value is -2.05. The zero-order valence-electron chi connectivity index (χ0n) is 11.7. The monoisotopic (exact) mass is 283 g/mol. The summed E-state index contributed by atoms with van der Waals surface area (Å²) in [7, 11) is 0. The van der Waals surface area contributed by atoms with Crippen molar-refractivity contribution in [2.24, 2.45) is 0 Å². The Bertz CT molecular complexity index is 510. The summed E-state index contributed by atoms with van der Waals surface area (Å²) in [5.74, 6) is -0.488. The largest absolute Gasteiger partial charge is 0.485 e. The van der Waals surface area contributed by atoms with Gasteiger partial charge in [0, 0.05) is 6.07 Å². The first-order chi connectivity index (χ1) is 9.24. The molecule has 110 valence electrons. The summed E-state index contributed by atoms with van der Waals surface area (Å²) in [5, 5.41) is 0. The Morgan fingerprint density at radius 1 is 1.50 bits per heavy atom. The molecule has 20 heavy (non-hydrogen) atoms. The van der Waals surface area contributed by atoms with Crippen LogP contribution in [0, 0.1) is 5.82 Å². The highest BCUT2D eigenvalue weighted by molar-refractivity contribution is 5.69. The predicted molar refractivity (Wildman–Crippen MR) is 70.8 cm³/mol. The molecule has 0 aromatic carbocycles. The maximum absolute atomic E-state index is 13.2. The van der Waals surface area contributed by atoms with Gasteiger partial charge in [-0.25, -0.2) is 14.2 Å².